The van der Waals surface area contributed by atoms with Crippen molar-refractivity contribution in [2.45, 2.75) is 25.7 Å². The monoisotopic (exact) mass is 380 g/mol. The Labute approximate surface area is 153 Å². The number of amides is 1. The fraction of sp³-hybridized carbons (Fsp3) is 0.278. The summed E-state index contributed by atoms with van der Waals surface area (Å²) in [4.78, 5) is 12.5. The van der Waals surface area contributed by atoms with Crippen molar-refractivity contribution in [3.05, 3.63) is 58.6 Å². The van der Waals surface area contributed by atoms with Gasteiger partial charge in [-0.3, -0.25) is 4.79 Å². The first-order valence-corrected chi connectivity index (χ1v) is 9.69. The van der Waals surface area contributed by atoms with Crippen LogP contribution >= 0.6 is 11.6 Å². The van der Waals surface area contributed by atoms with Crippen molar-refractivity contribution in [2.75, 3.05) is 18.4 Å². The van der Waals surface area contributed by atoms with Gasteiger partial charge in [0.2, 0.25) is 15.9 Å². The van der Waals surface area contributed by atoms with Crippen LogP contribution in [0, 0.1) is 13.8 Å². The van der Waals surface area contributed by atoms with E-state index >= 15 is 0 Å². The molecule has 134 valence electrons. The highest BCUT2D eigenvalue weighted by Gasteiger charge is 2.27. The average molecular weight is 381 g/mol. The molecule has 0 aliphatic rings. The molecule has 0 heterocycles. The molecule has 1 amide bonds. The number of sulfonamides is 1. The van der Waals surface area contributed by atoms with Crippen molar-refractivity contribution >= 4 is 33.2 Å². The fourth-order valence-electron chi connectivity index (χ4n) is 2.40. The Morgan fingerprint density at radius 2 is 1.84 bits per heavy atom. The summed E-state index contributed by atoms with van der Waals surface area (Å²) in [7, 11) is -3.76. The molecule has 25 heavy (non-hydrogen) atoms. The Bertz CT molecular complexity index is 882. The summed E-state index contributed by atoms with van der Waals surface area (Å²) in [6, 6.07) is 12.1. The minimum Gasteiger partial charge on any atom is -0.324 e. The Balaban J connectivity index is 2.22. The third-order valence-electron chi connectivity index (χ3n) is 3.78. The molecule has 5 nitrogen and oxygen atoms in total. The summed E-state index contributed by atoms with van der Waals surface area (Å²) in [6.07, 6.45) is 0. The van der Waals surface area contributed by atoms with E-state index in [4.69, 9.17) is 11.6 Å². The number of para-hydroxylation sites is 1. The lowest BCUT2D eigenvalue weighted by molar-refractivity contribution is -0.116. The average Bonchev–Trinajstić information content (AvgIpc) is 2.56. The van der Waals surface area contributed by atoms with Gasteiger partial charge in [0, 0.05) is 6.54 Å². The fourth-order valence-corrected chi connectivity index (χ4v) is 4.30. The summed E-state index contributed by atoms with van der Waals surface area (Å²) in [5.74, 6) is -0.441. The predicted molar refractivity (Wildman–Crippen MR) is 100 cm³/mol. The highest BCUT2D eigenvalue weighted by molar-refractivity contribution is 7.89. The van der Waals surface area contributed by atoms with Crippen molar-refractivity contribution in [3.63, 3.8) is 0 Å². The number of nitrogens with one attached hydrogen (secondary N) is 1. The van der Waals surface area contributed by atoms with Crippen molar-refractivity contribution in [2.24, 2.45) is 0 Å². The molecule has 0 aliphatic heterocycles. The van der Waals surface area contributed by atoms with E-state index in [0.29, 0.717) is 16.3 Å². The van der Waals surface area contributed by atoms with Crippen LogP contribution in [0.25, 0.3) is 0 Å². The Hall–Kier alpha value is -1.89. The number of hydrogen-bond donors (Lipinski definition) is 1. The summed E-state index contributed by atoms with van der Waals surface area (Å²) in [5.41, 5.74) is 1.95. The van der Waals surface area contributed by atoms with Crippen LogP contribution in [0.4, 0.5) is 5.69 Å². The number of nitrogens with zero attached hydrogens (tertiary/aromatic N) is 1. The second kappa shape index (κ2) is 7.99. The maximum atomic E-state index is 12.9. The van der Waals surface area contributed by atoms with Gasteiger partial charge in [0.25, 0.3) is 0 Å². The number of rotatable bonds is 6. The van der Waals surface area contributed by atoms with Crippen LogP contribution in [0.2, 0.25) is 5.02 Å². The first-order chi connectivity index (χ1) is 11.8. The highest BCUT2D eigenvalue weighted by atomic mass is 35.5. The van der Waals surface area contributed by atoms with E-state index in [1.54, 1.807) is 50.2 Å². The summed E-state index contributed by atoms with van der Waals surface area (Å²) >= 11 is 6.02. The molecule has 7 heteroatoms. The molecular weight excluding hydrogens is 360 g/mol. The zero-order valence-electron chi connectivity index (χ0n) is 14.4. The Morgan fingerprint density at radius 1 is 1.16 bits per heavy atom. The molecule has 0 bridgehead atoms. The molecule has 2 rings (SSSR count). The number of likely N-dealkylation sites (N-methyl/N-ethyl adjacent to an activating group) is 1. The van der Waals surface area contributed by atoms with Gasteiger partial charge in [-0.2, -0.15) is 4.31 Å². The van der Waals surface area contributed by atoms with Crippen molar-refractivity contribution in [3.8, 4) is 0 Å². The van der Waals surface area contributed by atoms with Crippen LogP contribution in [-0.4, -0.2) is 31.7 Å². The molecule has 0 radical (unpaired) electrons. The summed E-state index contributed by atoms with van der Waals surface area (Å²) in [5, 5.41) is 3.05. The number of benzene rings is 2. The number of aryl methyl sites for hydroxylation is 2. The largest absolute Gasteiger partial charge is 0.324 e. The minimum absolute atomic E-state index is 0.186. The van der Waals surface area contributed by atoms with Gasteiger partial charge in [0.15, 0.2) is 0 Å². The van der Waals surface area contributed by atoms with E-state index in [1.807, 2.05) is 13.0 Å². The van der Waals surface area contributed by atoms with Gasteiger partial charge in [-0.1, -0.05) is 42.8 Å². The second-order valence-electron chi connectivity index (χ2n) is 5.73. The molecule has 2 aromatic rings. The lowest BCUT2D eigenvalue weighted by Crippen LogP contribution is -2.38. The van der Waals surface area contributed by atoms with Gasteiger partial charge in [0.05, 0.1) is 22.2 Å². The standard InChI is InChI=1S/C18H21ClN2O3S/c1-4-21(12-18(22)20-16-8-6-5-7-15(16)19)25(23,24)17-11-13(2)9-10-14(17)3/h5-11H,4,12H2,1-3H3,(H,20,22). The van der Waals surface area contributed by atoms with Gasteiger partial charge in [-0.05, 0) is 43.2 Å². The Morgan fingerprint density at radius 3 is 2.48 bits per heavy atom. The SMILES string of the molecule is CCN(CC(=O)Nc1ccccc1Cl)S(=O)(=O)c1cc(C)ccc1C. The molecule has 0 unspecified atom stereocenters. The van der Waals surface area contributed by atoms with Crippen LogP contribution in [0.5, 0.6) is 0 Å². The van der Waals surface area contributed by atoms with E-state index in [2.05, 4.69) is 5.32 Å². The molecule has 2 aromatic carbocycles. The topological polar surface area (TPSA) is 66.5 Å². The number of carbonyl (C=O) groups excluding carboxylic acids is 1. The maximum absolute atomic E-state index is 12.9. The zero-order chi connectivity index (χ0) is 18.6. The number of anilines is 1. The first kappa shape index (κ1) is 19.4. The number of halogens is 1. The van der Waals surface area contributed by atoms with Crippen LogP contribution in [0.15, 0.2) is 47.4 Å². The molecule has 1 N–H and O–H groups in total. The van der Waals surface area contributed by atoms with Crippen molar-refractivity contribution < 1.29 is 13.2 Å². The van der Waals surface area contributed by atoms with Crippen LogP contribution in [0.1, 0.15) is 18.1 Å². The Kier molecular flexibility index (Phi) is 6.21. The van der Waals surface area contributed by atoms with Crippen LogP contribution in [-0.2, 0) is 14.8 Å². The minimum atomic E-state index is -3.76. The number of carbonyl (C=O) groups is 1. The molecule has 0 atom stereocenters. The van der Waals surface area contributed by atoms with Crippen LogP contribution in [0.3, 0.4) is 0 Å². The van der Waals surface area contributed by atoms with Gasteiger partial charge >= 0.3 is 0 Å². The third kappa shape index (κ3) is 4.60. The normalized spacial score (nSPS) is 11.6. The van der Waals surface area contributed by atoms with Gasteiger partial charge in [-0.15, -0.1) is 0 Å². The smallest absolute Gasteiger partial charge is 0.243 e. The van der Waals surface area contributed by atoms with Crippen molar-refractivity contribution in [1.82, 2.24) is 4.31 Å². The van der Waals surface area contributed by atoms with Gasteiger partial charge in [0.1, 0.15) is 0 Å². The highest BCUT2D eigenvalue weighted by Crippen LogP contribution is 2.23. The molecule has 0 saturated carbocycles. The first-order valence-electron chi connectivity index (χ1n) is 7.87. The lowest BCUT2D eigenvalue weighted by atomic mass is 10.2. The van der Waals surface area contributed by atoms with Gasteiger partial charge in [-0.25, -0.2) is 8.42 Å². The quantitative estimate of drug-likeness (QED) is 0.832. The summed E-state index contributed by atoms with van der Waals surface area (Å²) in [6.45, 7) is 5.18. The lowest BCUT2D eigenvalue weighted by Gasteiger charge is -2.21. The molecule has 0 spiro atoms. The van der Waals surface area contributed by atoms with E-state index < -0.39 is 15.9 Å². The van der Waals surface area contributed by atoms with E-state index in [0.717, 1.165) is 9.87 Å². The van der Waals surface area contributed by atoms with Crippen LogP contribution < -0.4 is 5.32 Å². The van der Waals surface area contributed by atoms with Crippen molar-refractivity contribution in [1.29, 1.82) is 0 Å². The third-order valence-corrected chi connectivity index (χ3v) is 6.17. The number of hydrogen-bond acceptors (Lipinski definition) is 3. The zero-order valence-corrected chi connectivity index (χ0v) is 16.0. The molecule has 0 aromatic heterocycles. The maximum Gasteiger partial charge on any atom is 0.243 e. The second-order valence-corrected chi connectivity index (χ2v) is 8.04. The molecular formula is C18H21ClN2O3S. The molecule has 0 fully saturated rings. The van der Waals surface area contributed by atoms with E-state index in [-0.39, 0.29) is 18.0 Å². The predicted octanol–water partition coefficient (Wildman–Crippen LogP) is 3.61. The van der Waals surface area contributed by atoms with Gasteiger partial charge < -0.3 is 5.32 Å². The molecule has 0 aliphatic carbocycles. The van der Waals surface area contributed by atoms with E-state index in [9.17, 15) is 13.2 Å². The molecule has 0 saturated heterocycles. The summed E-state index contributed by atoms with van der Waals surface area (Å²) < 4.78 is 27.0. The van der Waals surface area contributed by atoms with E-state index in [1.165, 1.54) is 0 Å².